The largest absolute Gasteiger partial charge is 0.350 e. The molecule has 0 aromatic carbocycles. The number of rotatable bonds is 3. The zero-order chi connectivity index (χ0) is 11.5. The Morgan fingerprint density at radius 3 is 2.81 bits per heavy atom. The van der Waals surface area contributed by atoms with Gasteiger partial charge in [-0.25, -0.2) is 0 Å². The molecule has 2 amide bonds. The van der Waals surface area contributed by atoms with Crippen molar-refractivity contribution in [2.24, 2.45) is 5.73 Å². The first-order chi connectivity index (χ1) is 7.66. The highest BCUT2D eigenvalue weighted by molar-refractivity contribution is 5.86. The minimum Gasteiger partial charge on any atom is -0.350 e. The number of hydrogen-bond acceptors (Lipinski definition) is 3. The molecule has 5 nitrogen and oxygen atoms in total. The lowest BCUT2D eigenvalue weighted by Crippen LogP contribution is -2.47. The van der Waals surface area contributed by atoms with Gasteiger partial charge in [0.2, 0.25) is 11.8 Å². The summed E-state index contributed by atoms with van der Waals surface area (Å²) >= 11 is 0. The van der Waals surface area contributed by atoms with Gasteiger partial charge in [-0.15, -0.1) is 0 Å². The van der Waals surface area contributed by atoms with E-state index in [1.807, 2.05) is 0 Å². The van der Waals surface area contributed by atoms with Gasteiger partial charge in [0, 0.05) is 25.0 Å². The minimum absolute atomic E-state index is 0.0717. The SMILES string of the molecule is NC1CCCC1NC(=O)CN1CCCC1=O. The Balaban J connectivity index is 1.77. The molecule has 1 aliphatic carbocycles. The molecule has 0 bridgehead atoms. The van der Waals surface area contributed by atoms with Crippen LogP contribution in [0.5, 0.6) is 0 Å². The predicted molar refractivity (Wildman–Crippen MR) is 59.6 cm³/mol. The zero-order valence-corrected chi connectivity index (χ0v) is 9.45. The van der Waals surface area contributed by atoms with Crippen LogP contribution in [0.2, 0.25) is 0 Å². The summed E-state index contributed by atoms with van der Waals surface area (Å²) in [5.74, 6) is 0.0171. The van der Waals surface area contributed by atoms with Crippen LogP contribution in [0.3, 0.4) is 0 Å². The fraction of sp³-hybridized carbons (Fsp3) is 0.818. The Bertz CT molecular complexity index is 293. The van der Waals surface area contributed by atoms with E-state index in [1.54, 1.807) is 4.90 Å². The van der Waals surface area contributed by atoms with Crippen LogP contribution in [0, 0.1) is 0 Å². The highest BCUT2D eigenvalue weighted by atomic mass is 16.2. The lowest BCUT2D eigenvalue weighted by Gasteiger charge is -2.20. The highest BCUT2D eigenvalue weighted by Crippen LogP contribution is 2.17. The van der Waals surface area contributed by atoms with Crippen molar-refractivity contribution in [3.8, 4) is 0 Å². The smallest absolute Gasteiger partial charge is 0.239 e. The van der Waals surface area contributed by atoms with Crippen LogP contribution < -0.4 is 11.1 Å². The summed E-state index contributed by atoms with van der Waals surface area (Å²) in [6.45, 7) is 0.908. The monoisotopic (exact) mass is 225 g/mol. The van der Waals surface area contributed by atoms with Crippen molar-refractivity contribution in [1.82, 2.24) is 10.2 Å². The third-order valence-electron chi connectivity index (χ3n) is 3.42. The van der Waals surface area contributed by atoms with Gasteiger partial charge in [0.1, 0.15) is 0 Å². The van der Waals surface area contributed by atoms with Crippen LogP contribution in [-0.2, 0) is 9.59 Å². The van der Waals surface area contributed by atoms with E-state index < -0.39 is 0 Å². The molecule has 1 aliphatic heterocycles. The Morgan fingerprint density at radius 2 is 2.25 bits per heavy atom. The van der Waals surface area contributed by atoms with Gasteiger partial charge in [0.05, 0.1) is 6.54 Å². The number of hydrogen-bond donors (Lipinski definition) is 2. The molecule has 5 heteroatoms. The number of nitrogens with zero attached hydrogens (tertiary/aromatic N) is 1. The molecule has 2 atom stereocenters. The lowest BCUT2D eigenvalue weighted by atomic mass is 10.2. The van der Waals surface area contributed by atoms with E-state index in [0.29, 0.717) is 13.0 Å². The van der Waals surface area contributed by atoms with Gasteiger partial charge >= 0.3 is 0 Å². The minimum atomic E-state index is -0.0717. The molecule has 1 saturated carbocycles. The molecule has 2 rings (SSSR count). The molecule has 90 valence electrons. The number of amides is 2. The molecule has 0 aromatic heterocycles. The van der Waals surface area contributed by atoms with Crippen LogP contribution in [0.25, 0.3) is 0 Å². The van der Waals surface area contributed by atoms with Crippen LogP contribution >= 0.6 is 0 Å². The number of carbonyl (C=O) groups excluding carboxylic acids is 2. The average molecular weight is 225 g/mol. The molecule has 2 fully saturated rings. The van der Waals surface area contributed by atoms with Crippen LogP contribution in [0.4, 0.5) is 0 Å². The van der Waals surface area contributed by atoms with E-state index in [4.69, 9.17) is 5.73 Å². The summed E-state index contributed by atoms with van der Waals surface area (Å²) in [5, 5.41) is 2.92. The van der Waals surface area contributed by atoms with Crippen LogP contribution in [-0.4, -0.2) is 41.9 Å². The molecule has 3 N–H and O–H groups in total. The summed E-state index contributed by atoms with van der Waals surface area (Å²) in [7, 11) is 0. The van der Waals surface area contributed by atoms with Gasteiger partial charge < -0.3 is 16.0 Å². The number of likely N-dealkylation sites (tertiary alicyclic amines) is 1. The number of carbonyl (C=O) groups is 2. The molecule has 0 aromatic rings. The Labute approximate surface area is 95.3 Å². The molecular weight excluding hydrogens is 206 g/mol. The van der Waals surface area contributed by atoms with E-state index in [0.717, 1.165) is 25.7 Å². The van der Waals surface area contributed by atoms with Crippen molar-refractivity contribution in [3.05, 3.63) is 0 Å². The second kappa shape index (κ2) is 4.82. The van der Waals surface area contributed by atoms with E-state index in [9.17, 15) is 9.59 Å². The first kappa shape index (κ1) is 11.4. The second-order valence-electron chi connectivity index (χ2n) is 4.69. The van der Waals surface area contributed by atoms with Crippen molar-refractivity contribution in [2.75, 3.05) is 13.1 Å². The van der Waals surface area contributed by atoms with Gasteiger partial charge in [-0.05, 0) is 25.7 Å². The van der Waals surface area contributed by atoms with Gasteiger partial charge in [-0.3, -0.25) is 9.59 Å². The van der Waals surface area contributed by atoms with Crippen molar-refractivity contribution < 1.29 is 9.59 Å². The second-order valence-corrected chi connectivity index (χ2v) is 4.69. The first-order valence-electron chi connectivity index (χ1n) is 5.99. The maximum absolute atomic E-state index is 11.7. The molecule has 1 heterocycles. The van der Waals surface area contributed by atoms with Crippen molar-refractivity contribution >= 4 is 11.8 Å². The normalized spacial score (nSPS) is 29.8. The third-order valence-corrected chi connectivity index (χ3v) is 3.42. The van der Waals surface area contributed by atoms with Crippen LogP contribution in [0.1, 0.15) is 32.1 Å². The standard InChI is InChI=1S/C11H19N3O2/c12-8-3-1-4-9(8)13-10(15)7-14-6-2-5-11(14)16/h8-9H,1-7,12H2,(H,13,15). The molecule has 1 saturated heterocycles. The third kappa shape index (κ3) is 2.52. The molecule has 0 radical (unpaired) electrons. The van der Waals surface area contributed by atoms with E-state index in [1.165, 1.54) is 0 Å². The van der Waals surface area contributed by atoms with Crippen molar-refractivity contribution in [1.29, 1.82) is 0 Å². The highest BCUT2D eigenvalue weighted by Gasteiger charge is 2.27. The van der Waals surface area contributed by atoms with Gasteiger partial charge in [-0.1, -0.05) is 0 Å². The molecule has 2 aliphatic rings. The first-order valence-corrected chi connectivity index (χ1v) is 5.99. The Hall–Kier alpha value is -1.10. The molecular formula is C11H19N3O2. The fourth-order valence-corrected chi connectivity index (χ4v) is 2.46. The Kier molecular flexibility index (Phi) is 3.43. The summed E-state index contributed by atoms with van der Waals surface area (Å²) in [5.41, 5.74) is 5.87. The maximum Gasteiger partial charge on any atom is 0.239 e. The molecule has 16 heavy (non-hydrogen) atoms. The fourth-order valence-electron chi connectivity index (χ4n) is 2.46. The van der Waals surface area contributed by atoms with E-state index in [-0.39, 0.29) is 30.4 Å². The van der Waals surface area contributed by atoms with E-state index in [2.05, 4.69) is 5.32 Å². The maximum atomic E-state index is 11.7. The van der Waals surface area contributed by atoms with Gasteiger partial charge in [0.25, 0.3) is 0 Å². The summed E-state index contributed by atoms with van der Waals surface area (Å²) in [4.78, 5) is 24.6. The summed E-state index contributed by atoms with van der Waals surface area (Å²) in [6.07, 6.45) is 4.47. The summed E-state index contributed by atoms with van der Waals surface area (Å²) in [6, 6.07) is 0.184. The predicted octanol–water partition coefficient (Wildman–Crippen LogP) is -0.395. The van der Waals surface area contributed by atoms with Crippen molar-refractivity contribution in [2.45, 2.75) is 44.2 Å². The van der Waals surface area contributed by atoms with E-state index >= 15 is 0 Å². The summed E-state index contributed by atoms with van der Waals surface area (Å²) < 4.78 is 0. The van der Waals surface area contributed by atoms with Gasteiger partial charge in [-0.2, -0.15) is 0 Å². The topological polar surface area (TPSA) is 75.4 Å². The average Bonchev–Trinajstić information content (AvgIpc) is 2.79. The molecule has 2 unspecified atom stereocenters. The van der Waals surface area contributed by atoms with Gasteiger partial charge in [0.15, 0.2) is 0 Å². The zero-order valence-electron chi connectivity index (χ0n) is 9.45. The molecule has 0 spiro atoms. The van der Waals surface area contributed by atoms with Crippen LogP contribution in [0.15, 0.2) is 0 Å². The number of nitrogens with one attached hydrogen (secondary N) is 1. The quantitative estimate of drug-likeness (QED) is 0.686. The number of nitrogens with two attached hydrogens (primary N) is 1. The lowest BCUT2D eigenvalue weighted by molar-refractivity contribution is -0.133. The van der Waals surface area contributed by atoms with Crippen molar-refractivity contribution in [3.63, 3.8) is 0 Å². The Morgan fingerprint density at radius 1 is 1.44 bits per heavy atom.